The summed E-state index contributed by atoms with van der Waals surface area (Å²) in [5.74, 6) is -0.247. The smallest absolute Gasteiger partial charge is 0.306 e. The van der Waals surface area contributed by atoms with E-state index in [1.54, 1.807) is 0 Å². The quantitative estimate of drug-likeness (QED) is 0.611. The Morgan fingerprint density at radius 2 is 2.17 bits per heavy atom. The molecule has 2 aliphatic rings. The van der Waals surface area contributed by atoms with Crippen LogP contribution in [-0.2, 0) is 4.79 Å². The second kappa shape index (κ2) is 3.05. The van der Waals surface area contributed by atoms with E-state index < -0.39 is 5.97 Å². The van der Waals surface area contributed by atoms with E-state index >= 15 is 0 Å². The summed E-state index contributed by atoms with van der Waals surface area (Å²) in [5, 5.41) is 12.4. The first-order valence-corrected chi connectivity index (χ1v) is 4.75. The van der Waals surface area contributed by atoms with Gasteiger partial charge in [-0.25, -0.2) is 0 Å². The molecule has 1 saturated carbocycles. The highest BCUT2D eigenvalue weighted by Crippen LogP contribution is 2.36. The topological polar surface area (TPSA) is 49.3 Å². The van der Waals surface area contributed by atoms with Crippen LogP contribution in [0.2, 0.25) is 0 Å². The van der Waals surface area contributed by atoms with Crippen molar-refractivity contribution >= 4 is 5.97 Å². The van der Waals surface area contributed by atoms with Crippen molar-refractivity contribution in [3.05, 3.63) is 0 Å². The number of carbonyl (C=O) groups is 1. The predicted octanol–water partition coefficient (Wildman–Crippen LogP) is 0.849. The summed E-state index contributed by atoms with van der Waals surface area (Å²) in [4.78, 5) is 10.9. The van der Waals surface area contributed by atoms with E-state index in [2.05, 4.69) is 5.32 Å². The van der Waals surface area contributed by atoms with Crippen LogP contribution in [0.1, 0.15) is 25.7 Å². The van der Waals surface area contributed by atoms with Crippen LogP contribution < -0.4 is 5.32 Å². The van der Waals surface area contributed by atoms with E-state index in [-0.39, 0.29) is 5.92 Å². The van der Waals surface area contributed by atoms with Gasteiger partial charge in [-0.2, -0.15) is 0 Å². The van der Waals surface area contributed by atoms with Gasteiger partial charge in [-0.1, -0.05) is 6.42 Å². The fourth-order valence-corrected chi connectivity index (χ4v) is 2.67. The zero-order valence-electron chi connectivity index (χ0n) is 7.12. The zero-order chi connectivity index (χ0) is 8.55. The molecule has 1 saturated heterocycles. The van der Waals surface area contributed by atoms with Gasteiger partial charge in [0.25, 0.3) is 0 Å². The maximum atomic E-state index is 10.9. The van der Waals surface area contributed by atoms with Gasteiger partial charge in [0, 0.05) is 6.04 Å². The van der Waals surface area contributed by atoms with E-state index in [0.29, 0.717) is 12.0 Å². The molecule has 3 heteroatoms. The Labute approximate surface area is 72.2 Å². The van der Waals surface area contributed by atoms with Crippen molar-refractivity contribution in [1.82, 2.24) is 5.32 Å². The van der Waals surface area contributed by atoms with E-state index in [9.17, 15) is 4.79 Å². The van der Waals surface area contributed by atoms with Gasteiger partial charge in [-0.15, -0.1) is 0 Å². The molecule has 3 atom stereocenters. The third kappa shape index (κ3) is 1.22. The molecule has 0 aromatic rings. The van der Waals surface area contributed by atoms with Crippen molar-refractivity contribution in [3.8, 4) is 0 Å². The van der Waals surface area contributed by atoms with Crippen molar-refractivity contribution < 1.29 is 9.90 Å². The number of carboxylic acids is 1. The molecule has 2 fully saturated rings. The highest BCUT2D eigenvalue weighted by Gasteiger charge is 2.39. The van der Waals surface area contributed by atoms with Crippen LogP contribution in [-0.4, -0.2) is 23.7 Å². The SMILES string of the molecule is O=C(O)[C@@H]1CCN[C@@H]2CCC[C@@H]21. The molecule has 1 aliphatic carbocycles. The van der Waals surface area contributed by atoms with Crippen LogP contribution in [0.4, 0.5) is 0 Å². The molecule has 0 radical (unpaired) electrons. The average Bonchev–Trinajstić information content (AvgIpc) is 2.49. The highest BCUT2D eigenvalue weighted by molar-refractivity contribution is 5.70. The molecule has 0 unspecified atom stereocenters. The van der Waals surface area contributed by atoms with Gasteiger partial charge in [-0.3, -0.25) is 4.79 Å². The Bertz CT molecular complexity index is 193. The molecule has 0 aromatic heterocycles. The molecule has 1 heterocycles. The van der Waals surface area contributed by atoms with E-state index in [1.807, 2.05) is 0 Å². The van der Waals surface area contributed by atoms with Gasteiger partial charge in [0.2, 0.25) is 0 Å². The number of hydrogen-bond acceptors (Lipinski definition) is 2. The van der Waals surface area contributed by atoms with Crippen molar-refractivity contribution in [1.29, 1.82) is 0 Å². The third-order valence-electron chi connectivity index (χ3n) is 3.27. The lowest BCUT2D eigenvalue weighted by molar-refractivity contribution is -0.145. The molecule has 0 amide bonds. The number of piperidine rings is 1. The van der Waals surface area contributed by atoms with Gasteiger partial charge in [-0.05, 0) is 31.7 Å². The Morgan fingerprint density at radius 1 is 1.33 bits per heavy atom. The molecule has 2 N–H and O–H groups in total. The van der Waals surface area contributed by atoms with Crippen LogP contribution in [0.15, 0.2) is 0 Å². The molecule has 0 bridgehead atoms. The Hall–Kier alpha value is -0.570. The summed E-state index contributed by atoms with van der Waals surface area (Å²) in [6, 6.07) is 0.500. The summed E-state index contributed by atoms with van der Waals surface area (Å²) in [5.41, 5.74) is 0. The average molecular weight is 169 g/mol. The second-order valence-corrected chi connectivity index (χ2v) is 3.89. The maximum Gasteiger partial charge on any atom is 0.306 e. The van der Waals surface area contributed by atoms with Crippen LogP contribution in [0.3, 0.4) is 0 Å². The number of carboxylic acid groups (broad SMARTS) is 1. The highest BCUT2D eigenvalue weighted by atomic mass is 16.4. The lowest BCUT2D eigenvalue weighted by atomic mass is 9.82. The van der Waals surface area contributed by atoms with Crippen LogP contribution in [0, 0.1) is 11.8 Å². The summed E-state index contributed by atoms with van der Waals surface area (Å²) in [6.45, 7) is 0.887. The third-order valence-corrected chi connectivity index (χ3v) is 3.27. The second-order valence-electron chi connectivity index (χ2n) is 3.89. The largest absolute Gasteiger partial charge is 0.481 e. The van der Waals surface area contributed by atoms with Crippen molar-refractivity contribution in [2.75, 3.05) is 6.54 Å². The first-order chi connectivity index (χ1) is 5.79. The van der Waals surface area contributed by atoms with E-state index in [0.717, 1.165) is 19.4 Å². The monoisotopic (exact) mass is 169 g/mol. The number of hydrogen-bond donors (Lipinski definition) is 2. The fourth-order valence-electron chi connectivity index (χ4n) is 2.67. The molecule has 68 valence electrons. The first-order valence-electron chi connectivity index (χ1n) is 4.75. The molecule has 2 rings (SSSR count). The predicted molar refractivity (Wildman–Crippen MR) is 44.9 cm³/mol. The lowest BCUT2D eigenvalue weighted by Gasteiger charge is -2.32. The Morgan fingerprint density at radius 3 is 2.92 bits per heavy atom. The van der Waals surface area contributed by atoms with Gasteiger partial charge < -0.3 is 10.4 Å². The Kier molecular flexibility index (Phi) is 2.05. The minimum Gasteiger partial charge on any atom is -0.481 e. The molecule has 0 spiro atoms. The molecule has 1 aliphatic heterocycles. The van der Waals surface area contributed by atoms with E-state index in [1.165, 1.54) is 12.8 Å². The Balaban J connectivity index is 2.08. The summed E-state index contributed by atoms with van der Waals surface area (Å²) >= 11 is 0. The zero-order valence-corrected chi connectivity index (χ0v) is 7.12. The summed E-state index contributed by atoms with van der Waals surface area (Å²) in [6.07, 6.45) is 4.30. The molecule has 0 aromatic carbocycles. The molecular formula is C9H15NO2. The standard InChI is InChI=1S/C9H15NO2/c11-9(12)7-4-5-10-8-3-1-2-6(7)8/h6-8,10H,1-5H2,(H,11,12)/t6-,7-,8-/m1/s1. The maximum absolute atomic E-state index is 10.9. The van der Waals surface area contributed by atoms with Gasteiger partial charge in [0.15, 0.2) is 0 Å². The van der Waals surface area contributed by atoms with Crippen LogP contribution in [0.25, 0.3) is 0 Å². The van der Waals surface area contributed by atoms with Crippen molar-refractivity contribution in [2.24, 2.45) is 11.8 Å². The number of rotatable bonds is 1. The summed E-state index contributed by atoms with van der Waals surface area (Å²) < 4.78 is 0. The minimum absolute atomic E-state index is 0.0706. The fraction of sp³-hybridized carbons (Fsp3) is 0.889. The normalized spacial score (nSPS) is 40.8. The number of aliphatic carboxylic acids is 1. The van der Waals surface area contributed by atoms with Gasteiger partial charge in [0.1, 0.15) is 0 Å². The summed E-state index contributed by atoms with van der Waals surface area (Å²) in [7, 11) is 0. The molecule has 12 heavy (non-hydrogen) atoms. The van der Waals surface area contributed by atoms with Crippen molar-refractivity contribution in [2.45, 2.75) is 31.7 Å². The number of nitrogens with one attached hydrogen (secondary N) is 1. The molecular weight excluding hydrogens is 154 g/mol. The van der Waals surface area contributed by atoms with Gasteiger partial charge in [0.05, 0.1) is 5.92 Å². The molecule has 3 nitrogen and oxygen atoms in total. The van der Waals surface area contributed by atoms with Crippen LogP contribution >= 0.6 is 0 Å². The van der Waals surface area contributed by atoms with Gasteiger partial charge >= 0.3 is 5.97 Å². The van der Waals surface area contributed by atoms with Crippen molar-refractivity contribution in [3.63, 3.8) is 0 Å². The lowest BCUT2D eigenvalue weighted by Crippen LogP contribution is -2.45. The minimum atomic E-state index is -0.589. The van der Waals surface area contributed by atoms with Crippen LogP contribution in [0.5, 0.6) is 0 Å². The van der Waals surface area contributed by atoms with E-state index in [4.69, 9.17) is 5.11 Å². The first kappa shape index (κ1) is 8.05. The number of fused-ring (bicyclic) bond motifs is 1.